The Morgan fingerprint density at radius 3 is 2.50 bits per heavy atom. The van der Waals surface area contributed by atoms with Crippen molar-refractivity contribution >= 4 is 5.84 Å². The highest BCUT2D eigenvalue weighted by Crippen LogP contribution is 2.00. The number of nitrogens with zero attached hydrogens (tertiary/aromatic N) is 1. The molecule has 0 aromatic carbocycles. The second kappa shape index (κ2) is 6.50. The number of hydrogen-bond acceptors (Lipinski definition) is 4. The molecule has 0 heterocycles. The van der Waals surface area contributed by atoms with Crippen molar-refractivity contribution in [3.63, 3.8) is 0 Å². The Balaban J connectivity index is 3.96. The standard InChI is InChI=1S/C7H15F2N3O2/c1-2-4(7(10)12-14)11-3-5(13)6(8)9/h4-6,11,13-14H,2-3H2,1H3,(H2,10,12). The summed E-state index contributed by atoms with van der Waals surface area (Å²) in [6, 6.07) is -0.506. The third kappa shape index (κ3) is 4.33. The minimum atomic E-state index is -2.80. The Morgan fingerprint density at radius 2 is 2.14 bits per heavy atom. The summed E-state index contributed by atoms with van der Waals surface area (Å²) < 4.78 is 23.7. The normalized spacial score (nSPS) is 17.1. The average molecular weight is 211 g/mol. The van der Waals surface area contributed by atoms with Crippen molar-refractivity contribution in [2.75, 3.05) is 6.54 Å². The Labute approximate surface area is 80.6 Å². The first-order chi connectivity index (χ1) is 6.52. The molecule has 0 bridgehead atoms. The molecule has 0 aliphatic heterocycles. The Morgan fingerprint density at radius 1 is 1.57 bits per heavy atom. The molecule has 5 nitrogen and oxygen atoms in total. The van der Waals surface area contributed by atoms with Gasteiger partial charge in [0.2, 0.25) is 0 Å². The molecule has 0 fully saturated rings. The molecule has 0 saturated carbocycles. The number of alkyl halides is 2. The molecule has 5 N–H and O–H groups in total. The summed E-state index contributed by atoms with van der Waals surface area (Å²) in [5.74, 6) is -0.0889. The zero-order valence-corrected chi connectivity index (χ0v) is 7.82. The van der Waals surface area contributed by atoms with Gasteiger partial charge in [-0.2, -0.15) is 0 Å². The SMILES string of the molecule is CCC(NCC(O)C(F)F)C(N)=NO. The van der Waals surface area contributed by atoms with Crippen molar-refractivity contribution in [2.24, 2.45) is 10.9 Å². The number of oxime groups is 1. The summed E-state index contributed by atoms with van der Waals surface area (Å²) in [5, 5.41) is 22.4. The number of aliphatic hydroxyl groups is 1. The lowest BCUT2D eigenvalue weighted by molar-refractivity contribution is -0.00383. The molecular formula is C7H15F2N3O2. The molecular weight excluding hydrogens is 196 g/mol. The highest BCUT2D eigenvalue weighted by molar-refractivity contribution is 5.85. The quantitative estimate of drug-likeness (QED) is 0.210. The highest BCUT2D eigenvalue weighted by Gasteiger charge is 2.19. The fourth-order valence-corrected chi connectivity index (χ4v) is 0.880. The molecule has 0 aromatic heterocycles. The topological polar surface area (TPSA) is 90.9 Å². The fraction of sp³-hybridized carbons (Fsp3) is 0.857. The lowest BCUT2D eigenvalue weighted by atomic mass is 10.2. The maximum absolute atomic E-state index is 11.9. The predicted molar refractivity (Wildman–Crippen MR) is 47.5 cm³/mol. The smallest absolute Gasteiger partial charge is 0.265 e. The van der Waals surface area contributed by atoms with Gasteiger partial charge in [0.25, 0.3) is 6.43 Å². The van der Waals surface area contributed by atoms with Crippen LogP contribution in [0.3, 0.4) is 0 Å². The summed E-state index contributed by atoms with van der Waals surface area (Å²) in [6.45, 7) is 1.44. The lowest BCUT2D eigenvalue weighted by Gasteiger charge is -2.17. The van der Waals surface area contributed by atoms with Gasteiger partial charge < -0.3 is 21.4 Å². The van der Waals surface area contributed by atoms with Gasteiger partial charge in [0.05, 0.1) is 6.04 Å². The lowest BCUT2D eigenvalue weighted by Crippen LogP contribution is -2.45. The summed E-state index contributed by atoms with van der Waals surface area (Å²) in [4.78, 5) is 0. The van der Waals surface area contributed by atoms with Crippen LogP contribution in [0.15, 0.2) is 5.16 Å². The van der Waals surface area contributed by atoms with Crippen molar-refractivity contribution in [3.8, 4) is 0 Å². The van der Waals surface area contributed by atoms with Crippen LogP contribution in [0.4, 0.5) is 8.78 Å². The zero-order chi connectivity index (χ0) is 11.1. The fourth-order valence-electron chi connectivity index (χ4n) is 0.880. The number of halogens is 2. The van der Waals surface area contributed by atoms with Gasteiger partial charge in [0.15, 0.2) is 5.84 Å². The molecule has 0 spiro atoms. The molecule has 14 heavy (non-hydrogen) atoms. The van der Waals surface area contributed by atoms with Gasteiger partial charge in [0.1, 0.15) is 6.10 Å². The first kappa shape index (κ1) is 13.1. The van der Waals surface area contributed by atoms with E-state index in [4.69, 9.17) is 16.0 Å². The average Bonchev–Trinajstić information content (AvgIpc) is 2.17. The molecule has 0 aliphatic rings. The molecule has 0 amide bonds. The summed E-state index contributed by atoms with van der Waals surface area (Å²) in [7, 11) is 0. The number of nitrogens with two attached hydrogens (primary N) is 1. The van der Waals surface area contributed by atoms with Crippen LogP contribution in [0.2, 0.25) is 0 Å². The van der Waals surface area contributed by atoms with Crippen LogP contribution in [-0.2, 0) is 0 Å². The first-order valence-corrected chi connectivity index (χ1v) is 4.19. The zero-order valence-electron chi connectivity index (χ0n) is 7.82. The highest BCUT2D eigenvalue weighted by atomic mass is 19.3. The van der Waals surface area contributed by atoms with Crippen LogP contribution in [0.1, 0.15) is 13.3 Å². The third-order valence-corrected chi connectivity index (χ3v) is 1.74. The number of aliphatic hydroxyl groups excluding tert-OH is 1. The van der Waals surface area contributed by atoms with E-state index in [1.54, 1.807) is 6.92 Å². The van der Waals surface area contributed by atoms with Crippen molar-refractivity contribution < 1.29 is 19.1 Å². The van der Waals surface area contributed by atoms with Crippen LogP contribution in [0.5, 0.6) is 0 Å². The van der Waals surface area contributed by atoms with E-state index in [0.717, 1.165) is 0 Å². The number of nitrogens with one attached hydrogen (secondary N) is 1. The van der Waals surface area contributed by atoms with Crippen LogP contribution < -0.4 is 11.1 Å². The van der Waals surface area contributed by atoms with Crippen LogP contribution in [0.25, 0.3) is 0 Å². The third-order valence-electron chi connectivity index (χ3n) is 1.74. The van der Waals surface area contributed by atoms with E-state index < -0.39 is 18.6 Å². The van der Waals surface area contributed by atoms with E-state index in [1.165, 1.54) is 0 Å². The molecule has 0 radical (unpaired) electrons. The number of rotatable bonds is 6. The second-order valence-electron chi connectivity index (χ2n) is 2.80. The van der Waals surface area contributed by atoms with Crippen LogP contribution >= 0.6 is 0 Å². The van der Waals surface area contributed by atoms with Crippen molar-refractivity contribution in [2.45, 2.75) is 31.9 Å². The van der Waals surface area contributed by atoms with Crippen molar-refractivity contribution in [3.05, 3.63) is 0 Å². The Kier molecular flexibility index (Phi) is 6.06. The number of hydrogen-bond donors (Lipinski definition) is 4. The minimum absolute atomic E-state index is 0.0889. The van der Waals surface area contributed by atoms with Gasteiger partial charge in [-0.3, -0.25) is 0 Å². The predicted octanol–water partition coefficient (Wildman–Crippen LogP) is -0.273. The van der Waals surface area contributed by atoms with Gasteiger partial charge in [-0.05, 0) is 6.42 Å². The molecule has 0 saturated heterocycles. The number of amidine groups is 1. The molecule has 2 unspecified atom stereocenters. The van der Waals surface area contributed by atoms with Gasteiger partial charge in [-0.1, -0.05) is 12.1 Å². The summed E-state index contributed by atoms with van der Waals surface area (Å²) >= 11 is 0. The Bertz CT molecular complexity index is 190. The van der Waals surface area contributed by atoms with Gasteiger partial charge in [0, 0.05) is 6.54 Å². The molecule has 2 atom stereocenters. The largest absolute Gasteiger partial charge is 0.409 e. The van der Waals surface area contributed by atoms with Crippen molar-refractivity contribution in [1.29, 1.82) is 0 Å². The molecule has 7 heteroatoms. The van der Waals surface area contributed by atoms with Gasteiger partial charge in [-0.25, -0.2) is 8.78 Å². The maximum atomic E-state index is 11.9. The Hall–Kier alpha value is -0.950. The summed E-state index contributed by atoms with van der Waals surface area (Å²) in [6.07, 6.45) is -4.06. The maximum Gasteiger partial charge on any atom is 0.265 e. The van der Waals surface area contributed by atoms with E-state index in [-0.39, 0.29) is 12.4 Å². The van der Waals surface area contributed by atoms with E-state index in [0.29, 0.717) is 6.42 Å². The second-order valence-corrected chi connectivity index (χ2v) is 2.80. The van der Waals surface area contributed by atoms with E-state index in [2.05, 4.69) is 10.5 Å². The minimum Gasteiger partial charge on any atom is -0.409 e. The summed E-state index contributed by atoms with van der Waals surface area (Å²) in [5.41, 5.74) is 5.26. The monoisotopic (exact) mass is 211 g/mol. The van der Waals surface area contributed by atoms with Crippen LogP contribution in [-0.4, -0.2) is 41.3 Å². The van der Waals surface area contributed by atoms with Crippen molar-refractivity contribution in [1.82, 2.24) is 5.32 Å². The molecule has 0 rings (SSSR count). The van der Waals surface area contributed by atoms with E-state index in [9.17, 15) is 8.78 Å². The van der Waals surface area contributed by atoms with E-state index >= 15 is 0 Å². The first-order valence-electron chi connectivity index (χ1n) is 4.19. The molecule has 84 valence electrons. The van der Waals surface area contributed by atoms with E-state index in [1.807, 2.05) is 0 Å². The molecule has 0 aliphatic carbocycles. The van der Waals surface area contributed by atoms with Gasteiger partial charge in [-0.15, -0.1) is 0 Å². The van der Waals surface area contributed by atoms with Gasteiger partial charge >= 0.3 is 0 Å². The molecule has 0 aromatic rings. The van der Waals surface area contributed by atoms with Crippen LogP contribution in [0, 0.1) is 0 Å².